The Hall–Kier alpha value is -1.62. The summed E-state index contributed by atoms with van der Waals surface area (Å²) >= 11 is 3.40. The molecule has 1 aromatic carbocycles. The first-order valence-corrected chi connectivity index (χ1v) is 6.34. The van der Waals surface area contributed by atoms with E-state index in [2.05, 4.69) is 26.2 Å². The van der Waals surface area contributed by atoms with Gasteiger partial charge in [0.25, 0.3) is 5.91 Å². The Labute approximate surface area is 114 Å². The van der Waals surface area contributed by atoms with Crippen LogP contribution < -0.4 is 5.32 Å². The Bertz CT molecular complexity index is 566. The summed E-state index contributed by atoms with van der Waals surface area (Å²) in [7, 11) is 0. The van der Waals surface area contributed by atoms with Crippen LogP contribution in [0.5, 0.6) is 0 Å². The number of halogens is 1. The number of aryl methyl sites for hydroxylation is 1. The zero-order chi connectivity index (χ0) is 13.1. The van der Waals surface area contributed by atoms with E-state index in [9.17, 15) is 4.79 Å². The van der Waals surface area contributed by atoms with Crippen molar-refractivity contribution in [2.45, 2.75) is 19.9 Å². The highest BCUT2D eigenvalue weighted by atomic mass is 79.9. The molecule has 0 unspecified atom stereocenters. The summed E-state index contributed by atoms with van der Waals surface area (Å²) < 4.78 is 6.00. The number of hydrogen-bond donors (Lipinski definition) is 1. The number of rotatable bonds is 3. The largest absolute Gasteiger partial charge is 0.448 e. The van der Waals surface area contributed by atoms with Crippen LogP contribution >= 0.6 is 15.9 Å². The van der Waals surface area contributed by atoms with Crippen molar-refractivity contribution in [1.82, 2.24) is 10.3 Å². The Morgan fingerprint density at radius 2 is 2.28 bits per heavy atom. The zero-order valence-electron chi connectivity index (χ0n) is 10.1. The number of aromatic nitrogens is 1. The first-order valence-electron chi connectivity index (χ1n) is 5.54. The number of amides is 1. The molecule has 1 atom stereocenters. The van der Waals surface area contributed by atoms with Gasteiger partial charge in [-0.1, -0.05) is 28.1 Å². The average molecular weight is 309 g/mol. The Morgan fingerprint density at radius 1 is 1.50 bits per heavy atom. The maximum Gasteiger partial charge on any atom is 0.273 e. The van der Waals surface area contributed by atoms with E-state index in [-0.39, 0.29) is 11.9 Å². The summed E-state index contributed by atoms with van der Waals surface area (Å²) in [5.41, 5.74) is 1.33. The van der Waals surface area contributed by atoms with E-state index in [0.29, 0.717) is 11.6 Å². The molecule has 0 aliphatic rings. The monoisotopic (exact) mass is 308 g/mol. The smallest absolute Gasteiger partial charge is 0.273 e. The highest BCUT2D eigenvalue weighted by Crippen LogP contribution is 2.18. The van der Waals surface area contributed by atoms with Gasteiger partial charge in [-0.3, -0.25) is 4.79 Å². The van der Waals surface area contributed by atoms with Crippen molar-refractivity contribution in [3.8, 4) is 0 Å². The Morgan fingerprint density at radius 3 is 2.89 bits per heavy atom. The number of carbonyl (C=O) groups excluding carboxylic acids is 1. The van der Waals surface area contributed by atoms with Gasteiger partial charge < -0.3 is 9.73 Å². The van der Waals surface area contributed by atoms with E-state index in [1.165, 1.54) is 6.26 Å². The molecule has 1 amide bonds. The maximum absolute atomic E-state index is 11.9. The molecule has 0 radical (unpaired) electrons. The lowest BCUT2D eigenvalue weighted by molar-refractivity contribution is 0.0935. The molecule has 1 aromatic heterocycles. The van der Waals surface area contributed by atoms with E-state index in [1.807, 2.05) is 31.2 Å². The molecule has 1 heterocycles. The minimum absolute atomic E-state index is 0.0907. The highest BCUT2D eigenvalue weighted by molar-refractivity contribution is 9.10. The second kappa shape index (κ2) is 5.35. The third-order valence-corrected chi connectivity index (χ3v) is 3.04. The molecule has 0 saturated heterocycles. The summed E-state index contributed by atoms with van der Waals surface area (Å²) in [6.45, 7) is 3.63. The molecule has 18 heavy (non-hydrogen) atoms. The molecular weight excluding hydrogens is 296 g/mol. The second-order valence-electron chi connectivity index (χ2n) is 4.00. The van der Waals surface area contributed by atoms with Gasteiger partial charge in [-0.15, -0.1) is 0 Å². The van der Waals surface area contributed by atoms with Gasteiger partial charge in [0.15, 0.2) is 11.6 Å². The van der Waals surface area contributed by atoms with Crippen molar-refractivity contribution in [3.05, 3.63) is 52.1 Å². The summed E-state index contributed by atoms with van der Waals surface area (Å²) in [6.07, 6.45) is 1.36. The minimum atomic E-state index is -0.237. The van der Waals surface area contributed by atoms with E-state index >= 15 is 0 Å². The number of oxazole rings is 1. The van der Waals surface area contributed by atoms with Crippen LogP contribution in [0.3, 0.4) is 0 Å². The summed E-state index contributed by atoms with van der Waals surface area (Å²) in [4.78, 5) is 15.9. The van der Waals surface area contributed by atoms with Crippen LogP contribution in [-0.4, -0.2) is 10.9 Å². The highest BCUT2D eigenvalue weighted by Gasteiger charge is 2.14. The van der Waals surface area contributed by atoms with Crippen LogP contribution in [0.2, 0.25) is 0 Å². The summed E-state index contributed by atoms with van der Waals surface area (Å²) in [6, 6.07) is 7.72. The summed E-state index contributed by atoms with van der Waals surface area (Å²) in [5.74, 6) is 0.245. The zero-order valence-corrected chi connectivity index (χ0v) is 11.7. The van der Waals surface area contributed by atoms with Gasteiger partial charge in [0.2, 0.25) is 0 Å². The molecule has 2 rings (SSSR count). The fourth-order valence-electron chi connectivity index (χ4n) is 1.60. The van der Waals surface area contributed by atoms with Crippen LogP contribution in [0.4, 0.5) is 0 Å². The maximum atomic E-state index is 11.9. The van der Waals surface area contributed by atoms with Crippen molar-refractivity contribution in [2.24, 2.45) is 0 Å². The number of nitrogens with zero attached hydrogens (tertiary/aromatic N) is 1. The fourth-order valence-corrected chi connectivity index (χ4v) is 2.01. The third kappa shape index (κ3) is 2.98. The van der Waals surface area contributed by atoms with Gasteiger partial charge in [0.05, 0.1) is 6.04 Å². The van der Waals surface area contributed by atoms with Crippen molar-refractivity contribution in [3.63, 3.8) is 0 Å². The van der Waals surface area contributed by atoms with Crippen LogP contribution in [0, 0.1) is 6.92 Å². The normalized spacial score (nSPS) is 12.2. The second-order valence-corrected chi connectivity index (χ2v) is 4.92. The molecule has 0 aliphatic carbocycles. The SMILES string of the molecule is Cc1nc(C(=O)N[C@@H](C)c2cccc(Br)c2)co1. The molecule has 4 nitrogen and oxygen atoms in total. The van der Waals surface area contributed by atoms with Crippen LogP contribution in [-0.2, 0) is 0 Å². The lowest BCUT2D eigenvalue weighted by Crippen LogP contribution is -2.26. The predicted octanol–water partition coefficient (Wildman–Crippen LogP) is 3.24. The van der Waals surface area contributed by atoms with Crippen LogP contribution in [0.25, 0.3) is 0 Å². The standard InChI is InChI=1S/C13H13BrN2O2/c1-8(10-4-3-5-11(14)6-10)15-13(17)12-7-18-9(2)16-12/h3-8H,1-2H3,(H,15,17)/t8-/m0/s1. The lowest BCUT2D eigenvalue weighted by atomic mass is 10.1. The van der Waals surface area contributed by atoms with Gasteiger partial charge in [-0.2, -0.15) is 0 Å². The molecular formula is C13H13BrN2O2. The molecule has 2 aromatic rings. The molecule has 0 spiro atoms. The van der Waals surface area contributed by atoms with Gasteiger partial charge in [-0.25, -0.2) is 4.98 Å². The summed E-state index contributed by atoms with van der Waals surface area (Å²) in [5, 5.41) is 2.87. The van der Waals surface area contributed by atoms with Crippen molar-refractivity contribution in [1.29, 1.82) is 0 Å². The molecule has 0 bridgehead atoms. The van der Waals surface area contributed by atoms with E-state index < -0.39 is 0 Å². The topological polar surface area (TPSA) is 55.1 Å². The molecule has 0 aliphatic heterocycles. The van der Waals surface area contributed by atoms with Gasteiger partial charge in [-0.05, 0) is 24.6 Å². The van der Waals surface area contributed by atoms with Crippen molar-refractivity contribution < 1.29 is 9.21 Å². The first kappa shape index (κ1) is 12.8. The van der Waals surface area contributed by atoms with Crippen molar-refractivity contribution in [2.75, 3.05) is 0 Å². The first-order chi connectivity index (χ1) is 8.56. The minimum Gasteiger partial charge on any atom is -0.448 e. The van der Waals surface area contributed by atoms with Gasteiger partial charge in [0.1, 0.15) is 6.26 Å². The fraction of sp³-hybridized carbons (Fsp3) is 0.231. The van der Waals surface area contributed by atoms with E-state index in [1.54, 1.807) is 6.92 Å². The average Bonchev–Trinajstić information content (AvgIpc) is 2.76. The molecule has 0 fully saturated rings. The van der Waals surface area contributed by atoms with Crippen LogP contribution in [0.15, 0.2) is 39.4 Å². The van der Waals surface area contributed by atoms with Crippen LogP contribution in [0.1, 0.15) is 34.9 Å². The number of nitrogens with one attached hydrogen (secondary N) is 1. The molecule has 94 valence electrons. The lowest BCUT2D eigenvalue weighted by Gasteiger charge is -2.13. The quantitative estimate of drug-likeness (QED) is 0.947. The Kier molecular flexibility index (Phi) is 3.81. The van der Waals surface area contributed by atoms with E-state index in [0.717, 1.165) is 10.0 Å². The molecule has 0 saturated carbocycles. The molecule has 1 N–H and O–H groups in total. The number of hydrogen-bond acceptors (Lipinski definition) is 3. The van der Waals surface area contributed by atoms with Gasteiger partial charge >= 0.3 is 0 Å². The molecule has 5 heteroatoms. The number of benzene rings is 1. The predicted molar refractivity (Wildman–Crippen MR) is 71.3 cm³/mol. The van der Waals surface area contributed by atoms with E-state index in [4.69, 9.17) is 4.42 Å². The number of carbonyl (C=O) groups is 1. The van der Waals surface area contributed by atoms with Gasteiger partial charge in [0, 0.05) is 11.4 Å². The Balaban J connectivity index is 2.07. The van der Waals surface area contributed by atoms with Crippen molar-refractivity contribution >= 4 is 21.8 Å². The third-order valence-electron chi connectivity index (χ3n) is 2.55.